The molecule has 2 N–H and O–H groups in total. The van der Waals surface area contributed by atoms with Crippen molar-refractivity contribution in [2.45, 2.75) is 6.29 Å². The molecule has 0 amide bonds. The molecule has 0 radical (unpaired) electrons. The zero-order valence-electron chi connectivity index (χ0n) is 7.80. The van der Waals surface area contributed by atoms with E-state index in [-0.39, 0.29) is 11.3 Å². The van der Waals surface area contributed by atoms with Gasteiger partial charge in [0.2, 0.25) is 0 Å². The second kappa shape index (κ2) is 3.77. The van der Waals surface area contributed by atoms with Crippen molar-refractivity contribution in [1.29, 1.82) is 5.26 Å². The number of ether oxygens (including phenoxy) is 2. The second-order valence-electron chi connectivity index (χ2n) is 3.12. The van der Waals surface area contributed by atoms with Crippen LogP contribution >= 0.6 is 0 Å². The summed E-state index contributed by atoms with van der Waals surface area (Å²) in [4.78, 5) is 0. The van der Waals surface area contributed by atoms with E-state index >= 15 is 0 Å². The first-order valence-corrected chi connectivity index (χ1v) is 4.41. The van der Waals surface area contributed by atoms with Gasteiger partial charge in [-0.25, -0.2) is 0 Å². The van der Waals surface area contributed by atoms with Crippen molar-refractivity contribution in [3.8, 4) is 17.6 Å². The number of nitriles is 1. The number of hydrogen-bond acceptors (Lipinski definition) is 5. The lowest BCUT2D eigenvalue weighted by Crippen LogP contribution is -1.98. The minimum Gasteiger partial charge on any atom is -0.504 e. The van der Waals surface area contributed by atoms with Crippen molar-refractivity contribution in [1.82, 2.24) is 0 Å². The Bertz CT molecular complexity index is 418. The van der Waals surface area contributed by atoms with Gasteiger partial charge in [-0.2, -0.15) is 5.26 Å². The Kier molecular flexibility index (Phi) is 2.46. The molecule has 0 aromatic heterocycles. The highest BCUT2D eigenvalue weighted by Gasteiger charge is 2.21. The van der Waals surface area contributed by atoms with E-state index in [1.807, 2.05) is 0 Å². The second-order valence-corrected chi connectivity index (χ2v) is 3.12. The lowest BCUT2D eigenvalue weighted by Gasteiger charge is -2.10. The topological polar surface area (TPSA) is 82.7 Å². The number of aromatic hydroxyl groups is 2. The Labute approximate surface area is 86.1 Å². The molecule has 0 bridgehead atoms. The molecule has 1 aromatic rings. The first-order chi connectivity index (χ1) is 7.22. The molecule has 1 saturated heterocycles. The van der Waals surface area contributed by atoms with E-state index in [1.54, 1.807) is 6.07 Å². The van der Waals surface area contributed by atoms with Crippen LogP contribution in [0.1, 0.15) is 17.4 Å². The summed E-state index contributed by atoms with van der Waals surface area (Å²) in [6.45, 7) is 0.961. The van der Waals surface area contributed by atoms with Crippen LogP contribution in [-0.4, -0.2) is 23.4 Å². The molecule has 5 nitrogen and oxygen atoms in total. The zero-order chi connectivity index (χ0) is 10.8. The molecule has 2 rings (SSSR count). The Morgan fingerprint density at radius 1 is 1.27 bits per heavy atom. The third-order valence-corrected chi connectivity index (χ3v) is 2.13. The number of phenolic OH excluding ortho intramolecular Hbond substituents is 2. The number of nitrogens with zero attached hydrogens (tertiary/aromatic N) is 1. The van der Waals surface area contributed by atoms with Crippen LogP contribution in [0.4, 0.5) is 0 Å². The van der Waals surface area contributed by atoms with Gasteiger partial charge in [-0.3, -0.25) is 0 Å². The molecule has 1 aliphatic rings. The van der Waals surface area contributed by atoms with E-state index in [0.717, 1.165) is 0 Å². The summed E-state index contributed by atoms with van der Waals surface area (Å²) in [6.07, 6.45) is -0.566. The van der Waals surface area contributed by atoms with Crippen molar-refractivity contribution in [2.75, 3.05) is 13.2 Å². The third-order valence-electron chi connectivity index (χ3n) is 2.13. The maximum absolute atomic E-state index is 9.36. The van der Waals surface area contributed by atoms with Crippen LogP contribution in [0.2, 0.25) is 0 Å². The average molecular weight is 207 g/mol. The van der Waals surface area contributed by atoms with E-state index in [0.29, 0.717) is 18.8 Å². The summed E-state index contributed by atoms with van der Waals surface area (Å²) < 4.78 is 10.4. The molecule has 5 heteroatoms. The Morgan fingerprint density at radius 2 is 1.93 bits per heavy atom. The summed E-state index contributed by atoms with van der Waals surface area (Å²) in [6, 6.07) is 4.54. The molecule has 0 aliphatic carbocycles. The smallest absolute Gasteiger partial charge is 0.184 e. The van der Waals surface area contributed by atoms with Crippen LogP contribution in [0.25, 0.3) is 0 Å². The van der Waals surface area contributed by atoms with Gasteiger partial charge in [-0.05, 0) is 12.1 Å². The Balaban J connectivity index is 2.41. The van der Waals surface area contributed by atoms with Gasteiger partial charge in [0.05, 0.1) is 18.8 Å². The molecule has 0 unspecified atom stereocenters. The predicted octanol–water partition coefficient (Wildman–Crippen LogP) is 1.01. The quantitative estimate of drug-likeness (QED) is 0.671. The summed E-state index contributed by atoms with van der Waals surface area (Å²) in [5, 5.41) is 27.4. The van der Waals surface area contributed by atoms with Gasteiger partial charge in [-0.1, -0.05) is 0 Å². The predicted molar refractivity (Wildman–Crippen MR) is 49.1 cm³/mol. The molecule has 0 atom stereocenters. The largest absolute Gasteiger partial charge is 0.504 e. The van der Waals surface area contributed by atoms with Crippen molar-refractivity contribution >= 4 is 0 Å². The molecule has 78 valence electrons. The van der Waals surface area contributed by atoms with Crippen molar-refractivity contribution in [3.05, 3.63) is 23.3 Å². The summed E-state index contributed by atoms with van der Waals surface area (Å²) in [5.74, 6) is -0.762. The lowest BCUT2D eigenvalue weighted by atomic mass is 10.1. The van der Waals surface area contributed by atoms with Crippen LogP contribution in [0.15, 0.2) is 12.1 Å². The van der Waals surface area contributed by atoms with Gasteiger partial charge in [0.1, 0.15) is 6.07 Å². The molecular formula is C10H9NO4. The Hall–Kier alpha value is -1.77. The molecule has 1 aromatic carbocycles. The maximum Gasteiger partial charge on any atom is 0.184 e. The van der Waals surface area contributed by atoms with Gasteiger partial charge in [-0.15, -0.1) is 0 Å². The zero-order valence-corrected chi connectivity index (χ0v) is 7.80. The van der Waals surface area contributed by atoms with E-state index < -0.39 is 12.0 Å². The maximum atomic E-state index is 9.36. The van der Waals surface area contributed by atoms with Crippen molar-refractivity contribution in [3.63, 3.8) is 0 Å². The fraction of sp³-hybridized carbons (Fsp3) is 0.300. The molecule has 1 fully saturated rings. The highest BCUT2D eigenvalue weighted by molar-refractivity contribution is 5.53. The minimum absolute atomic E-state index is 0.00380. The van der Waals surface area contributed by atoms with E-state index in [4.69, 9.17) is 14.7 Å². The Morgan fingerprint density at radius 3 is 2.53 bits per heavy atom. The fourth-order valence-corrected chi connectivity index (χ4v) is 1.41. The molecule has 0 spiro atoms. The number of phenols is 2. The van der Waals surface area contributed by atoms with Gasteiger partial charge >= 0.3 is 0 Å². The van der Waals surface area contributed by atoms with Gasteiger partial charge in [0.25, 0.3) is 0 Å². The summed E-state index contributed by atoms with van der Waals surface area (Å²) in [7, 11) is 0. The number of benzene rings is 1. The molecular weight excluding hydrogens is 198 g/mol. The average Bonchev–Trinajstić information content (AvgIpc) is 2.75. The van der Waals surface area contributed by atoms with Crippen LogP contribution in [0.5, 0.6) is 11.5 Å². The highest BCUT2D eigenvalue weighted by atomic mass is 16.7. The lowest BCUT2D eigenvalue weighted by molar-refractivity contribution is -0.0442. The van der Waals surface area contributed by atoms with Crippen LogP contribution in [-0.2, 0) is 9.47 Å². The number of hydrogen-bond donors (Lipinski definition) is 2. The van der Waals surface area contributed by atoms with Crippen LogP contribution < -0.4 is 0 Å². The molecule has 1 aliphatic heterocycles. The van der Waals surface area contributed by atoms with E-state index in [2.05, 4.69) is 0 Å². The van der Waals surface area contributed by atoms with Gasteiger partial charge in [0.15, 0.2) is 17.8 Å². The SMILES string of the molecule is N#Cc1cc(C2OCCO2)cc(O)c1O. The van der Waals surface area contributed by atoms with Crippen LogP contribution in [0, 0.1) is 11.3 Å². The molecule has 1 heterocycles. The van der Waals surface area contributed by atoms with Crippen molar-refractivity contribution < 1.29 is 19.7 Å². The molecule has 15 heavy (non-hydrogen) atoms. The van der Waals surface area contributed by atoms with E-state index in [1.165, 1.54) is 12.1 Å². The van der Waals surface area contributed by atoms with Gasteiger partial charge < -0.3 is 19.7 Å². The highest BCUT2D eigenvalue weighted by Crippen LogP contribution is 2.34. The van der Waals surface area contributed by atoms with Crippen molar-refractivity contribution in [2.24, 2.45) is 0 Å². The fourth-order valence-electron chi connectivity index (χ4n) is 1.41. The summed E-state index contributed by atoms with van der Waals surface area (Å²) >= 11 is 0. The van der Waals surface area contributed by atoms with Crippen LogP contribution in [0.3, 0.4) is 0 Å². The summed E-state index contributed by atoms with van der Waals surface area (Å²) in [5.41, 5.74) is 0.531. The third kappa shape index (κ3) is 1.73. The van der Waals surface area contributed by atoms with Gasteiger partial charge in [0, 0.05) is 5.56 Å². The normalized spacial score (nSPS) is 16.5. The molecule has 0 saturated carbocycles. The first-order valence-electron chi connectivity index (χ1n) is 4.41. The first kappa shape index (κ1) is 9.77. The monoisotopic (exact) mass is 207 g/mol. The standard InChI is InChI=1S/C10H9NO4/c11-5-7-3-6(4-8(12)9(7)13)10-14-1-2-15-10/h3-4,10,12-13H,1-2H2. The minimum atomic E-state index is -0.566. The van der Waals surface area contributed by atoms with E-state index in [9.17, 15) is 10.2 Å². The number of rotatable bonds is 1.